The Morgan fingerprint density at radius 3 is 1.62 bits per heavy atom. The van der Waals surface area contributed by atoms with E-state index in [1.165, 1.54) is 0 Å². The molecule has 5 nitrogen and oxygen atoms in total. The zero-order valence-corrected chi connectivity index (χ0v) is 26.3. The van der Waals surface area contributed by atoms with E-state index in [1.807, 2.05) is 59.0 Å². The zero-order valence-electron chi connectivity index (χ0n) is 24.7. The third kappa shape index (κ3) is 3.50. The molecule has 10 aromatic rings. The van der Waals surface area contributed by atoms with Crippen LogP contribution in [0.25, 0.3) is 76.2 Å². The minimum Gasteiger partial charge on any atom is -0.308 e. The summed E-state index contributed by atoms with van der Waals surface area (Å²) in [6.45, 7) is 0. The average Bonchev–Trinajstić information content (AvgIpc) is 3.11. The Bertz CT molecular complexity index is 3040. The molecule has 0 N–H and O–H groups in total. The largest absolute Gasteiger partial charge is 0.308 e. The van der Waals surface area contributed by atoms with Crippen molar-refractivity contribution in [3.8, 4) is 0 Å². The van der Waals surface area contributed by atoms with E-state index < -0.39 is 0 Å². The summed E-state index contributed by atoms with van der Waals surface area (Å²) in [5.41, 5.74) is 7.13. The van der Waals surface area contributed by atoms with Crippen LogP contribution in [-0.2, 0) is 6.42 Å². The minimum absolute atomic E-state index is 0.117. The molecule has 0 unspecified atom stereocenters. The summed E-state index contributed by atoms with van der Waals surface area (Å²) < 4.78 is 5.97. The second kappa shape index (κ2) is 9.45. The SMILES string of the molecule is O=c1c2ccccc2n2c3ccc(Cc4ccc5c(c4)c(=S)c4cccc6c(=S)c7ccccc7n5c64)cc3c(=O)c3cncc1c32. The van der Waals surface area contributed by atoms with Gasteiger partial charge < -0.3 is 8.80 Å². The van der Waals surface area contributed by atoms with Crippen molar-refractivity contribution in [3.63, 3.8) is 0 Å². The molecule has 5 aromatic carbocycles. The summed E-state index contributed by atoms with van der Waals surface area (Å²) in [6, 6.07) is 34.5. The fraction of sp³-hybridized carbons (Fsp3) is 0.0250. The van der Waals surface area contributed by atoms with E-state index in [4.69, 9.17) is 24.4 Å². The van der Waals surface area contributed by atoms with Gasteiger partial charge >= 0.3 is 0 Å². The van der Waals surface area contributed by atoms with Crippen LogP contribution in [0.3, 0.4) is 0 Å². The smallest absolute Gasteiger partial charge is 0.198 e. The van der Waals surface area contributed by atoms with Crippen molar-refractivity contribution in [2.75, 3.05) is 0 Å². The topological polar surface area (TPSA) is 55.9 Å². The Labute approximate surface area is 275 Å². The molecule has 0 aliphatic rings. The van der Waals surface area contributed by atoms with Crippen LogP contribution in [0, 0.1) is 9.02 Å². The summed E-state index contributed by atoms with van der Waals surface area (Å²) in [6.07, 6.45) is 3.75. The molecule has 5 heterocycles. The lowest BCUT2D eigenvalue weighted by molar-refractivity contribution is 1.19. The van der Waals surface area contributed by atoms with Crippen molar-refractivity contribution < 1.29 is 0 Å². The fourth-order valence-corrected chi connectivity index (χ4v) is 8.26. The second-order valence-corrected chi connectivity index (χ2v) is 13.0. The van der Waals surface area contributed by atoms with E-state index in [1.54, 1.807) is 12.4 Å². The van der Waals surface area contributed by atoms with Crippen LogP contribution in [0.4, 0.5) is 0 Å². The van der Waals surface area contributed by atoms with Gasteiger partial charge in [-0.15, -0.1) is 0 Å². The van der Waals surface area contributed by atoms with Gasteiger partial charge in [0.15, 0.2) is 10.9 Å². The van der Waals surface area contributed by atoms with Gasteiger partial charge in [-0.3, -0.25) is 14.6 Å². The summed E-state index contributed by atoms with van der Waals surface area (Å²) in [7, 11) is 0. The highest BCUT2D eigenvalue weighted by molar-refractivity contribution is 7.72. The Hall–Kier alpha value is -5.63. The van der Waals surface area contributed by atoms with Crippen LogP contribution in [0.15, 0.2) is 125 Å². The maximum absolute atomic E-state index is 13.9. The van der Waals surface area contributed by atoms with E-state index in [9.17, 15) is 9.59 Å². The van der Waals surface area contributed by atoms with Crippen molar-refractivity contribution in [2.45, 2.75) is 6.42 Å². The Kier molecular flexibility index (Phi) is 5.34. The van der Waals surface area contributed by atoms with Crippen molar-refractivity contribution in [2.24, 2.45) is 0 Å². The van der Waals surface area contributed by atoms with E-state index in [0.717, 1.165) is 69.3 Å². The molecule has 7 heteroatoms. The van der Waals surface area contributed by atoms with Crippen molar-refractivity contribution in [1.82, 2.24) is 13.8 Å². The van der Waals surface area contributed by atoms with Crippen LogP contribution in [0.2, 0.25) is 0 Å². The van der Waals surface area contributed by atoms with Crippen molar-refractivity contribution >= 4 is 101 Å². The number of para-hydroxylation sites is 3. The lowest BCUT2D eigenvalue weighted by Gasteiger charge is -2.17. The fourth-order valence-electron chi connectivity index (χ4n) is 7.60. The lowest BCUT2D eigenvalue weighted by Crippen LogP contribution is -2.14. The summed E-state index contributed by atoms with van der Waals surface area (Å²) in [5, 5.41) is 6.14. The van der Waals surface area contributed by atoms with E-state index in [-0.39, 0.29) is 10.9 Å². The first kappa shape index (κ1) is 26.6. The van der Waals surface area contributed by atoms with E-state index in [0.29, 0.717) is 33.5 Å². The Morgan fingerprint density at radius 1 is 0.468 bits per heavy atom. The van der Waals surface area contributed by atoms with Crippen LogP contribution < -0.4 is 10.9 Å². The average molecular weight is 640 g/mol. The molecular weight excluding hydrogens is 619 g/mol. The highest BCUT2D eigenvalue weighted by atomic mass is 32.1. The van der Waals surface area contributed by atoms with Gasteiger partial charge in [-0.2, -0.15) is 0 Å². The zero-order chi connectivity index (χ0) is 31.6. The van der Waals surface area contributed by atoms with Crippen molar-refractivity contribution in [3.05, 3.63) is 156 Å². The van der Waals surface area contributed by atoms with Crippen molar-refractivity contribution in [1.29, 1.82) is 0 Å². The summed E-state index contributed by atoms with van der Waals surface area (Å²) in [5.74, 6) is 0. The number of nitrogens with zero attached hydrogens (tertiary/aromatic N) is 3. The number of hydrogen-bond donors (Lipinski definition) is 0. The molecule has 0 spiro atoms. The Morgan fingerprint density at radius 2 is 0.936 bits per heavy atom. The molecule has 0 fully saturated rings. The number of fused-ring (bicyclic) bond motifs is 8. The number of pyridine rings is 5. The summed E-state index contributed by atoms with van der Waals surface area (Å²) >= 11 is 12.1. The first-order chi connectivity index (χ1) is 23.0. The molecule has 220 valence electrons. The Balaban J connectivity index is 1.21. The molecule has 0 aliphatic carbocycles. The van der Waals surface area contributed by atoms with Gasteiger partial charge in [0, 0.05) is 44.7 Å². The standard InChI is InChI=1S/C40H21N3O2S2/c44-37-23-6-1-3-10-31(23)42-33-14-12-21(17-27(33)38(45)30-20-41-19-29(37)36(30)42)16-22-13-15-34-28(18-22)40(47)26-9-5-8-25-35(26)43(34)32-11-4-2-7-24(32)39(25)46/h1-15,17-20H,16H2. The molecule has 10 rings (SSSR count). The predicted octanol–water partition coefficient (Wildman–Crippen LogP) is 9.15. The van der Waals surface area contributed by atoms with Gasteiger partial charge in [-0.25, -0.2) is 0 Å². The summed E-state index contributed by atoms with van der Waals surface area (Å²) in [4.78, 5) is 31.6. The van der Waals surface area contributed by atoms with Gasteiger partial charge in [0.05, 0.1) is 52.9 Å². The van der Waals surface area contributed by atoms with E-state index >= 15 is 0 Å². The highest BCUT2D eigenvalue weighted by Gasteiger charge is 2.18. The second-order valence-electron chi connectivity index (χ2n) is 12.2. The van der Waals surface area contributed by atoms with Gasteiger partial charge in [0.25, 0.3) is 0 Å². The molecule has 5 aromatic heterocycles. The maximum atomic E-state index is 13.9. The van der Waals surface area contributed by atoms with Crippen LogP contribution in [0.5, 0.6) is 0 Å². The molecule has 47 heavy (non-hydrogen) atoms. The van der Waals surface area contributed by atoms with Gasteiger partial charge in [-0.05, 0) is 60.0 Å². The third-order valence-corrected chi connectivity index (χ3v) is 10.5. The van der Waals surface area contributed by atoms with Crippen LogP contribution >= 0.6 is 24.4 Å². The van der Waals surface area contributed by atoms with Crippen LogP contribution in [-0.4, -0.2) is 13.8 Å². The highest BCUT2D eigenvalue weighted by Crippen LogP contribution is 2.35. The molecule has 0 aliphatic heterocycles. The quantitative estimate of drug-likeness (QED) is 0.107. The molecule has 0 bridgehead atoms. The monoisotopic (exact) mass is 639 g/mol. The van der Waals surface area contributed by atoms with Gasteiger partial charge in [-0.1, -0.05) is 85.1 Å². The predicted molar refractivity (Wildman–Crippen MR) is 197 cm³/mol. The normalized spacial score (nSPS) is 12.3. The number of rotatable bonds is 2. The third-order valence-electron chi connectivity index (χ3n) is 9.66. The van der Waals surface area contributed by atoms with Gasteiger partial charge in [0.2, 0.25) is 0 Å². The molecule has 0 atom stereocenters. The first-order valence-electron chi connectivity index (χ1n) is 15.3. The van der Waals surface area contributed by atoms with Gasteiger partial charge in [0.1, 0.15) is 0 Å². The maximum Gasteiger partial charge on any atom is 0.198 e. The first-order valence-corrected chi connectivity index (χ1v) is 16.2. The minimum atomic E-state index is -0.129. The molecule has 0 amide bonds. The molecule has 0 radical (unpaired) electrons. The molecule has 0 saturated carbocycles. The molecular formula is C40H21N3O2S2. The van der Waals surface area contributed by atoms with E-state index in [2.05, 4.69) is 57.9 Å². The van der Waals surface area contributed by atoms with Crippen LogP contribution in [0.1, 0.15) is 11.1 Å². The lowest BCUT2D eigenvalue weighted by atomic mass is 9.98. The number of hydrogen-bond acceptors (Lipinski definition) is 5. The number of aromatic nitrogens is 3. The number of benzene rings is 5. The molecule has 0 saturated heterocycles.